The Balaban J connectivity index is 2.99. The SMILES string of the molecule is COC(=O)c1occc1C(C)O. The first-order valence-corrected chi connectivity index (χ1v) is 3.50. The number of esters is 1. The van der Waals surface area contributed by atoms with Gasteiger partial charge in [-0.05, 0) is 13.0 Å². The third kappa shape index (κ3) is 1.48. The van der Waals surface area contributed by atoms with Gasteiger partial charge in [0.15, 0.2) is 0 Å². The smallest absolute Gasteiger partial charge is 0.374 e. The van der Waals surface area contributed by atoms with Crippen LogP contribution in [0.2, 0.25) is 0 Å². The summed E-state index contributed by atoms with van der Waals surface area (Å²) in [5.41, 5.74) is 0.446. The van der Waals surface area contributed by atoms with Crippen molar-refractivity contribution in [2.24, 2.45) is 0 Å². The van der Waals surface area contributed by atoms with Crippen molar-refractivity contribution in [3.63, 3.8) is 0 Å². The molecule has 1 N–H and O–H groups in total. The van der Waals surface area contributed by atoms with Crippen LogP contribution >= 0.6 is 0 Å². The van der Waals surface area contributed by atoms with E-state index in [1.165, 1.54) is 19.4 Å². The molecule has 0 fully saturated rings. The molecule has 0 aliphatic carbocycles. The van der Waals surface area contributed by atoms with Crippen molar-refractivity contribution < 1.29 is 19.1 Å². The summed E-state index contributed by atoms with van der Waals surface area (Å²) in [6, 6.07) is 1.54. The van der Waals surface area contributed by atoms with Crippen LogP contribution in [0.1, 0.15) is 29.1 Å². The number of rotatable bonds is 2. The van der Waals surface area contributed by atoms with Crippen LogP contribution in [0.15, 0.2) is 16.7 Å². The molecule has 1 heterocycles. The maximum atomic E-state index is 11.0. The number of aliphatic hydroxyl groups excluding tert-OH is 1. The predicted octanol–water partition coefficient (Wildman–Crippen LogP) is 1.12. The number of carbonyl (C=O) groups excluding carboxylic acids is 1. The van der Waals surface area contributed by atoms with E-state index in [9.17, 15) is 9.90 Å². The molecule has 0 aliphatic heterocycles. The first-order chi connectivity index (χ1) is 5.66. The number of aliphatic hydroxyl groups is 1. The molecule has 0 aromatic carbocycles. The Hall–Kier alpha value is -1.29. The van der Waals surface area contributed by atoms with Crippen molar-refractivity contribution in [2.45, 2.75) is 13.0 Å². The van der Waals surface area contributed by atoms with Crippen molar-refractivity contribution in [1.29, 1.82) is 0 Å². The Morgan fingerprint density at radius 3 is 2.92 bits per heavy atom. The third-order valence-electron chi connectivity index (χ3n) is 1.52. The molecule has 66 valence electrons. The van der Waals surface area contributed by atoms with Gasteiger partial charge in [-0.1, -0.05) is 0 Å². The number of methoxy groups -OCH3 is 1. The van der Waals surface area contributed by atoms with Gasteiger partial charge in [-0.2, -0.15) is 0 Å². The van der Waals surface area contributed by atoms with Gasteiger partial charge in [-0.25, -0.2) is 4.79 Å². The van der Waals surface area contributed by atoms with Crippen molar-refractivity contribution in [1.82, 2.24) is 0 Å². The van der Waals surface area contributed by atoms with Crippen LogP contribution in [0, 0.1) is 0 Å². The highest BCUT2D eigenvalue weighted by atomic mass is 16.5. The van der Waals surface area contributed by atoms with Crippen LogP contribution in [0.3, 0.4) is 0 Å². The standard InChI is InChI=1S/C8H10O4/c1-5(9)6-3-4-12-7(6)8(10)11-2/h3-5,9H,1-2H3. The third-order valence-corrected chi connectivity index (χ3v) is 1.52. The summed E-state index contributed by atoms with van der Waals surface area (Å²) in [7, 11) is 1.26. The van der Waals surface area contributed by atoms with E-state index in [-0.39, 0.29) is 5.76 Å². The minimum Gasteiger partial charge on any atom is -0.463 e. The van der Waals surface area contributed by atoms with Gasteiger partial charge in [-0.3, -0.25) is 0 Å². The summed E-state index contributed by atoms with van der Waals surface area (Å²) in [6.45, 7) is 1.55. The van der Waals surface area contributed by atoms with Gasteiger partial charge < -0.3 is 14.3 Å². The maximum absolute atomic E-state index is 11.0. The molecule has 1 aromatic heterocycles. The topological polar surface area (TPSA) is 59.7 Å². The van der Waals surface area contributed by atoms with Gasteiger partial charge in [0.25, 0.3) is 0 Å². The number of hydrogen-bond donors (Lipinski definition) is 1. The fourth-order valence-corrected chi connectivity index (χ4v) is 0.907. The predicted molar refractivity (Wildman–Crippen MR) is 40.7 cm³/mol. The molecular weight excluding hydrogens is 160 g/mol. The first-order valence-electron chi connectivity index (χ1n) is 3.50. The molecule has 0 saturated carbocycles. The van der Waals surface area contributed by atoms with Crippen LogP contribution < -0.4 is 0 Å². The molecule has 1 atom stereocenters. The van der Waals surface area contributed by atoms with Crippen LogP contribution in [0.5, 0.6) is 0 Å². The number of furan rings is 1. The fourth-order valence-electron chi connectivity index (χ4n) is 0.907. The van der Waals surface area contributed by atoms with E-state index in [1.807, 2.05) is 0 Å². The molecule has 0 radical (unpaired) electrons. The van der Waals surface area contributed by atoms with E-state index in [1.54, 1.807) is 6.92 Å². The molecule has 0 amide bonds. The zero-order valence-corrected chi connectivity index (χ0v) is 6.90. The summed E-state index contributed by atoms with van der Waals surface area (Å²) in [5.74, 6) is -0.511. The van der Waals surface area contributed by atoms with Crippen LogP contribution in [0.25, 0.3) is 0 Å². The highest BCUT2D eigenvalue weighted by molar-refractivity contribution is 5.87. The highest BCUT2D eigenvalue weighted by Crippen LogP contribution is 2.19. The van der Waals surface area contributed by atoms with Crippen molar-refractivity contribution >= 4 is 5.97 Å². The number of carbonyl (C=O) groups is 1. The Bertz CT molecular complexity index is 274. The summed E-state index contributed by atoms with van der Waals surface area (Å²) < 4.78 is 9.29. The Morgan fingerprint density at radius 2 is 2.42 bits per heavy atom. The molecule has 1 aromatic rings. The summed E-state index contributed by atoms with van der Waals surface area (Å²) in [5, 5.41) is 9.17. The molecule has 1 rings (SSSR count). The molecule has 0 spiro atoms. The van der Waals surface area contributed by atoms with E-state index >= 15 is 0 Å². The fraction of sp³-hybridized carbons (Fsp3) is 0.375. The molecule has 1 unspecified atom stereocenters. The lowest BCUT2D eigenvalue weighted by molar-refractivity contribution is 0.0556. The van der Waals surface area contributed by atoms with Gasteiger partial charge in [0.1, 0.15) is 0 Å². The molecular formula is C8H10O4. The van der Waals surface area contributed by atoms with Crippen molar-refractivity contribution in [3.8, 4) is 0 Å². The largest absolute Gasteiger partial charge is 0.463 e. The molecule has 4 heteroatoms. The lowest BCUT2D eigenvalue weighted by Crippen LogP contribution is -2.04. The molecule has 0 aliphatic rings. The molecule has 0 saturated heterocycles. The molecule has 4 nitrogen and oxygen atoms in total. The van der Waals surface area contributed by atoms with Crippen LogP contribution in [-0.2, 0) is 4.74 Å². The number of ether oxygens (including phenoxy) is 1. The number of hydrogen-bond acceptors (Lipinski definition) is 4. The highest BCUT2D eigenvalue weighted by Gasteiger charge is 2.18. The summed E-state index contributed by atoms with van der Waals surface area (Å²) in [6.07, 6.45) is 0.617. The minimum atomic E-state index is -0.724. The lowest BCUT2D eigenvalue weighted by atomic mass is 10.1. The molecule has 12 heavy (non-hydrogen) atoms. The van der Waals surface area contributed by atoms with Gasteiger partial charge in [0, 0.05) is 5.56 Å². The van der Waals surface area contributed by atoms with Gasteiger partial charge >= 0.3 is 5.97 Å². The van der Waals surface area contributed by atoms with E-state index in [4.69, 9.17) is 4.42 Å². The normalized spacial score (nSPS) is 12.6. The van der Waals surface area contributed by atoms with E-state index in [0.717, 1.165) is 0 Å². The van der Waals surface area contributed by atoms with E-state index < -0.39 is 12.1 Å². The zero-order chi connectivity index (χ0) is 9.14. The lowest BCUT2D eigenvalue weighted by Gasteiger charge is -2.02. The maximum Gasteiger partial charge on any atom is 0.374 e. The Labute approximate surface area is 69.8 Å². The second-order valence-corrected chi connectivity index (χ2v) is 2.37. The monoisotopic (exact) mass is 170 g/mol. The van der Waals surface area contributed by atoms with Gasteiger partial charge in [0.2, 0.25) is 5.76 Å². The average molecular weight is 170 g/mol. The average Bonchev–Trinajstić information content (AvgIpc) is 2.50. The Kier molecular flexibility index (Phi) is 2.50. The van der Waals surface area contributed by atoms with Crippen molar-refractivity contribution in [3.05, 3.63) is 23.7 Å². The summed E-state index contributed by atoms with van der Waals surface area (Å²) >= 11 is 0. The van der Waals surface area contributed by atoms with Crippen LogP contribution in [0.4, 0.5) is 0 Å². The van der Waals surface area contributed by atoms with Gasteiger partial charge in [-0.15, -0.1) is 0 Å². The van der Waals surface area contributed by atoms with Crippen LogP contribution in [-0.4, -0.2) is 18.2 Å². The van der Waals surface area contributed by atoms with Crippen molar-refractivity contribution in [2.75, 3.05) is 7.11 Å². The summed E-state index contributed by atoms with van der Waals surface area (Å²) in [4.78, 5) is 11.0. The molecule has 0 bridgehead atoms. The zero-order valence-electron chi connectivity index (χ0n) is 6.90. The second kappa shape index (κ2) is 3.40. The van der Waals surface area contributed by atoms with E-state index in [2.05, 4.69) is 4.74 Å². The second-order valence-electron chi connectivity index (χ2n) is 2.37. The Morgan fingerprint density at radius 1 is 1.75 bits per heavy atom. The minimum absolute atomic E-state index is 0.0625. The van der Waals surface area contributed by atoms with Gasteiger partial charge in [0.05, 0.1) is 19.5 Å². The quantitative estimate of drug-likeness (QED) is 0.675. The van der Waals surface area contributed by atoms with E-state index in [0.29, 0.717) is 5.56 Å². The first kappa shape index (κ1) is 8.80.